The van der Waals surface area contributed by atoms with Crippen molar-refractivity contribution in [2.24, 2.45) is 7.05 Å². The van der Waals surface area contributed by atoms with Gasteiger partial charge < -0.3 is 5.32 Å². The molecule has 3 rings (SSSR count). The summed E-state index contributed by atoms with van der Waals surface area (Å²) in [7, 11) is 1.79. The van der Waals surface area contributed by atoms with Crippen LogP contribution in [0, 0.1) is 12.7 Å². The molecule has 0 saturated carbocycles. The van der Waals surface area contributed by atoms with Gasteiger partial charge in [0.1, 0.15) is 11.5 Å². The third-order valence-electron chi connectivity index (χ3n) is 3.46. The molecule has 124 valence electrons. The van der Waals surface area contributed by atoms with E-state index in [0.29, 0.717) is 12.2 Å². The zero-order valence-electron chi connectivity index (χ0n) is 13.0. The van der Waals surface area contributed by atoms with Crippen molar-refractivity contribution in [3.05, 3.63) is 58.4 Å². The predicted molar refractivity (Wildman–Crippen MR) is 85.4 cm³/mol. The van der Waals surface area contributed by atoms with Crippen LogP contribution in [0.3, 0.4) is 0 Å². The van der Waals surface area contributed by atoms with Crippen molar-refractivity contribution in [1.29, 1.82) is 0 Å². The minimum Gasteiger partial charge on any atom is -0.346 e. The van der Waals surface area contributed by atoms with Crippen molar-refractivity contribution in [2.45, 2.75) is 13.5 Å². The van der Waals surface area contributed by atoms with Crippen LogP contribution in [0.1, 0.15) is 21.7 Å². The van der Waals surface area contributed by atoms with Gasteiger partial charge in [0.15, 0.2) is 5.69 Å². The van der Waals surface area contributed by atoms with Gasteiger partial charge in [-0.25, -0.2) is 9.07 Å². The summed E-state index contributed by atoms with van der Waals surface area (Å²) in [6.07, 6.45) is 3.46. The van der Waals surface area contributed by atoms with E-state index in [-0.39, 0.29) is 16.4 Å². The summed E-state index contributed by atoms with van der Waals surface area (Å²) in [6.45, 7) is 1.96. The van der Waals surface area contributed by atoms with Crippen LogP contribution in [-0.2, 0) is 13.6 Å². The maximum Gasteiger partial charge on any atom is 0.274 e. The van der Waals surface area contributed by atoms with Crippen LogP contribution in [0.25, 0.3) is 5.69 Å². The van der Waals surface area contributed by atoms with Crippen LogP contribution in [0.15, 0.2) is 30.6 Å². The molecule has 0 atom stereocenters. The SMILES string of the molecule is Cc1c(C(=O)NCc2cnn(C)c2)nnn1-c1ccc(Cl)cc1F. The van der Waals surface area contributed by atoms with E-state index in [1.807, 2.05) is 0 Å². The minimum atomic E-state index is -0.544. The van der Waals surface area contributed by atoms with Gasteiger partial charge in [0.05, 0.1) is 11.9 Å². The molecule has 2 heterocycles. The molecular weight excluding hydrogens is 335 g/mol. The highest BCUT2D eigenvalue weighted by Crippen LogP contribution is 2.19. The monoisotopic (exact) mass is 348 g/mol. The second-order valence-electron chi connectivity index (χ2n) is 5.24. The van der Waals surface area contributed by atoms with E-state index in [0.717, 1.165) is 5.56 Å². The van der Waals surface area contributed by atoms with E-state index in [1.54, 1.807) is 37.1 Å². The molecule has 0 aliphatic rings. The maximum atomic E-state index is 14.0. The Morgan fingerprint density at radius 2 is 2.21 bits per heavy atom. The van der Waals surface area contributed by atoms with Gasteiger partial charge >= 0.3 is 0 Å². The minimum absolute atomic E-state index is 0.133. The molecule has 24 heavy (non-hydrogen) atoms. The summed E-state index contributed by atoms with van der Waals surface area (Å²) in [6, 6.07) is 4.21. The number of nitrogens with one attached hydrogen (secondary N) is 1. The fourth-order valence-electron chi connectivity index (χ4n) is 2.25. The number of nitrogens with zero attached hydrogens (tertiary/aromatic N) is 5. The van der Waals surface area contributed by atoms with Crippen LogP contribution in [0.4, 0.5) is 4.39 Å². The summed E-state index contributed by atoms with van der Waals surface area (Å²) in [5, 5.41) is 14.8. The van der Waals surface area contributed by atoms with E-state index in [2.05, 4.69) is 20.7 Å². The Morgan fingerprint density at radius 1 is 1.42 bits per heavy atom. The maximum absolute atomic E-state index is 14.0. The number of hydrogen-bond acceptors (Lipinski definition) is 4. The van der Waals surface area contributed by atoms with E-state index < -0.39 is 11.7 Å². The number of aryl methyl sites for hydroxylation is 1. The van der Waals surface area contributed by atoms with Crippen LogP contribution in [-0.4, -0.2) is 30.7 Å². The second-order valence-corrected chi connectivity index (χ2v) is 5.67. The molecule has 1 amide bonds. The van der Waals surface area contributed by atoms with Crippen LogP contribution < -0.4 is 5.32 Å². The van der Waals surface area contributed by atoms with Crippen molar-refractivity contribution < 1.29 is 9.18 Å². The summed E-state index contributed by atoms with van der Waals surface area (Å²) < 4.78 is 16.9. The first-order chi connectivity index (χ1) is 11.5. The molecule has 0 unspecified atom stereocenters. The Labute approximate surface area is 142 Å². The predicted octanol–water partition coefficient (Wildman–Crippen LogP) is 2.03. The number of rotatable bonds is 4. The number of aromatic nitrogens is 5. The highest BCUT2D eigenvalue weighted by molar-refractivity contribution is 6.30. The average Bonchev–Trinajstić information content (AvgIpc) is 3.11. The summed E-state index contributed by atoms with van der Waals surface area (Å²) in [4.78, 5) is 12.3. The molecule has 0 saturated heterocycles. The first-order valence-corrected chi connectivity index (χ1v) is 7.47. The van der Waals surface area contributed by atoms with Crippen molar-refractivity contribution in [3.63, 3.8) is 0 Å². The number of benzene rings is 1. The van der Waals surface area contributed by atoms with Gasteiger partial charge in [0.2, 0.25) is 0 Å². The molecule has 1 N–H and O–H groups in total. The third kappa shape index (κ3) is 3.13. The van der Waals surface area contributed by atoms with Crippen molar-refractivity contribution in [3.8, 4) is 5.69 Å². The first-order valence-electron chi connectivity index (χ1n) is 7.09. The molecular formula is C15H14ClFN6O. The van der Waals surface area contributed by atoms with Gasteiger partial charge in [-0.3, -0.25) is 9.48 Å². The van der Waals surface area contributed by atoms with Gasteiger partial charge in [-0.1, -0.05) is 16.8 Å². The topological polar surface area (TPSA) is 77.6 Å². The smallest absolute Gasteiger partial charge is 0.274 e. The zero-order chi connectivity index (χ0) is 17.3. The van der Waals surface area contributed by atoms with Gasteiger partial charge in [0, 0.05) is 30.4 Å². The molecule has 0 bridgehead atoms. The lowest BCUT2D eigenvalue weighted by atomic mass is 10.2. The number of hydrogen-bond donors (Lipinski definition) is 1. The fraction of sp³-hybridized carbons (Fsp3) is 0.200. The fourth-order valence-corrected chi connectivity index (χ4v) is 2.41. The van der Waals surface area contributed by atoms with Gasteiger partial charge in [-0.2, -0.15) is 5.10 Å². The lowest BCUT2D eigenvalue weighted by Gasteiger charge is -2.06. The number of amides is 1. The first kappa shape index (κ1) is 16.1. The van der Waals surface area contributed by atoms with Crippen LogP contribution >= 0.6 is 11.6 Å². The van der Waals surface area contributed by atoms with E-state index >= 15 is 0 Å². The molecule has 3 aromatic rings. The Balaban J connectivity index is 1.80. The Hall–Kier alpha value is -2.74. The summed E-state index contributed by atoms with van der Waals surface area (Å²) >= 11 is 5.74. The average molecular weight is 349 g/mol. The van der Waals surface area contributed by atoms with Crippen molar-refractivity contribution >= 4 is 17.5 Å². The molecule has 0 fully saturated rings. The molecule has 7 nitrogen and oxygen atoms in total. The van der Waals surface area contributed by atoms with Gasteiger partial charge in [-0.15, -0.1) is 5.10 Å². The van der Waals surface area contributed by atoms with Gasteiger partial charge in [-0.05, 0) is 25.1 Å². The van der Waals surface area contributed by atoms with E-state index in [1.165, 1.54) is 16.8 Å². The lowest BCUT2D eigenvalue weighted by Crippen LogP contribution is -2.24. The molecule has 0 aliphatic heterocycles. The normalized spacial score (nSPS) is 10.8. The molecule has 2 aromatic heterocycles. The Bertz CT molecular complexity index is 903. The summed E-state index contributed by atoms with van der Waals surface area (Å²) in [5.74, 6) is -0.935. The third-order valence-corrected chi connectivity index (χ3v) is 3.69. The molecule has 1 aromatic carbocycles. The van der Waals surface area contributed by atoms with Crippen molar-refractivity contribution in [2.75, 3.05) is 0 Å². The van der Waals surface area contributed by atoms with Crippen molar-refractivity contribution in [1.82, 2.24) is 30.1 Å². The summed E-state index contributed by atoms with van der Waals surface area (Å²) in [5.41, 5.74) is 1.60. The van der Waals surface area contributed by atoms with Gasteiger partial charge in [0.25, 0.3) is 5.91 Å². The second kappa shape index (κ2) is 6.40. The largest absolute Gasteiger partial charge is 0.346 e. The Morgan fingerprint density at radius 3 is 2.88 bits per heavy atom. The zero-order valence-corrected chi connectivity index (χ0v) is 13.8. The number of carbonyl (C=O) groups excluding carboxylic acids is 1. The van der Waals surface area contributed by atoms with Crippen LogP contribution in [0.5, 0.6) is 0 Å². The van der Waals surface area contributed by atoms with E-state index in [4.69, 9.17) is 11.6 Å². The highest BCUT2D eigenvalue weighted by Gasteiger charge is 2.19. The lowest BCUT2D eigenvalue weighted by molar-refractivity contribution is 0.0945. The number of halogens is 2. The van der Waals surface area contributed by atoms with Crippen LogP contribution in [0.2, 0.25) is 5.02 Å². The standard InChI is InChI=1S/C15H14ClFN6O/c1-9-14(15(24)18-6-10-7-19-22(2)8-10)20-21-23(9)13-4-3-11(16)5-12(13)17/h3-5,7-8H,6H2,1-2H3,(H,18,24). The highest BCUT2D eigenvalue weighted by atomic mass is 35.5. The molecule has 9 heteroatoms. The Kier molecular flexibility index (Phi) is 4.30. The molecule has 0 aliphatic carbocycles. The van der Waals surface area contributed by atoms with E-state index in [9.17, 15) is 9.18 Å². The molecule has 0 spiro atoms. The number of carbonyl (C=O) groups is 1. The molecule has 0 radical (unpaired) electrons. The quantitative estimate of drug-likeness (QED) is 0.782.